The lowest BCUT2D eigenvalue weighted by molar-refractivity contribution is -0.911. The molecule has 0 radical (unpaired) electrons. The summed E-state index contributed by atoms with van der Waals surface area (Å²) in [7, 11) is -0.632. The first-order chi connectivity index (χ1) is 10.5. The zero-order chi connectivity index (χ0) is 15.6. The fourth-order valence-corrected chi connectivity index (χ4v) is 5.91. The van der Waals surface area contributed by atoms with Crippen LogP contribution in [0.5, 0.6) is 0 Å². The van der Waals surface area contributed by atoms with Crippen LogP contribution in [0.1, 0.15) is 43.9 Å². The molecular formula is C14H24N3O3S2+. The van der Waals surface area contributed by atoms with Gasteiger partial charge in [0.05, 0.1) is 37.1 Å². The molecule has 1 aromatic rings. The number of nitrogens with zero attached hydrogens (tertiary/aromatic N) is 2. The number of aromatic nitrogens is 2. The summed E-state index contributed by atoms with van der Waals surface area (Å²) in [6.07, 6.45) is 5.75. The number of quaternary nitrogens is 1. The SMILES string of the molecule is C[NH+]1CCCC[C@@H]1CCSc1nnc([C@@H]2CCS(=O)(=O)C2)o1. The molecule has 8 heteroatoms. The van der Waals surface area contributed by atoms with Crippen LogP contribution in [0.15, 0.2) is 9.64 Å². The monoisotopic (exact) mass is 346 g/mol. The summed E-state index contributed by atoms with van der Waals surface area (Å²) in [5.41, 5.74) is 0. The number of likely N-dealkylation sites (tertiary alicyclic amines) is 1. The molecule has 2 aliphatic heterocycles. The highest BCUT2D eigenvalue weighted by molar-refractivity contribution is 7.99. The quantitative estimate of drug-likeness (QED) is 0.784. The van der Waals surface area contributed by atoms with E-state index in [1.54, 1.807) is 16.7 Å². The van der Waals surface area contributed by atoms with E-state index >= 15 is 0 Å². The third-order valence-electron chi connectivity index (χ3n) is 4.77. The smallest absolute Gasteiger partial charge is 0.276 e. The van der Waals surface area contributed by atoms with Crippen LogP contribution in [0.25, 0.3) is 0 Å². The zero-order valence-corrected chi connectivity index (χ0v) is 14.6. The van der Waals surface area contributed by atoms with Crippen molar-refractivity contribution >= 4 is 21.6 Å². The van der Waals surface area contributed by atoms with Gasteiger partial charge >= 0.3 is 0 Å². The Kier molecular flexibility index (Phi) is 5.09. The average Bonchev–Trinajstić information content (AvgIpc) is 3.07. The first-order valence-corrected chi connectivity index (χ1v) is 10.8. The van der Waals surface area contributed by atoms with Gasteiger partial charge in [0, 0.05) is 12.2 Å². The maximum Gasteiger partial charge on any atom is 0.276 e. The van der Waals surface area contributed by atoms with E-state index in [9.17, 15) is 8.42 Å². The van der Waals surface area contributed by atoms with Crippen molar-refractivity contribution in [3.8, 4) is 0 Å². The Bertz CT molecular complexity index is 602. The van der Waals surface area contributed by atoms with Crippen molar-refractivity contribution < 1.29 is 17.7 Å². The molecule has 6 nitrogen and oxygen atoms in total. The van der Waals surface area contributed by atoms with Gasteiger partial charge in [0.15, 0.2) is 9.84 Å². The van der Waals surface area contributed by atoms with Crippen molar-refractivity contribution in [3.63, 3.8) is 0 Å². The van der Waals surface area contributed by atoms with Gasteiger partial charge in [0.2, 0.25) is 5.89 Å². The molecule has 0 saturated carbocycles. The second-order valence-corrected chi connectivity index (χ2v) is 9.71. The van der Waals surface area contributed by atoms with Gasteiger partial charge in [-0.25, -0.2) is 8.42 Å². The van der Waals surface area contributed by atoms with E-state index in [1.165, 1.54) is 25.8 Å². The molecule has 1 N–H and O–H groups in total. The van der Waals surface area contributed by atoms with E-state index in [2.05, 4.69) is 17.2 Å². The molecule has 2 aliphatic rings. The number of nitrogens with one attached hydrogen (secondary N) is 1. The Labute approximate surface area is 136 Å². The van der Waals surface area contributed by atoms with Crippen molar-refractivity contribution in [1.82, 2.24) is 10.2 Å². The maximum absolute atomic E-state index is 11.5. The molecule has 1 unspecified atom stereocenters. The van der Waals surface area contributed by atoms with Crippen LogP contribution in [-0.4, -0.2) is 55.5 Å². The van der Waals surface area contributed by atoms with Crippen LogP contribution in [0.4, 0.5) is 0 Å². The van der Waals surface area contributed by atoms with E-state index < -0.39 is 9.84 Å². The predicted octanol–water partition coefficient (Wildman–Crippen LogP) is 0.521. The summed E-state index contributed by atoms with van der Waals surface area (Å²) in [5, 5.41) is 8.67. The van der Waals surface area contributed by atoms with E-state index in [1.807, 2.05) is 0 Å². The Morgan fingerprint density at radius 1 is 1.32 bits per heavy atom. The fourth-order valence-electron chi connectivity index (χ4n) is 3.36. The fraction of sp³-hybridized carbons (Fsp3) is 0.857. The van der Waals surface area contributed by atoms with E-state index in [4.69, 9.17) is 4.42 Å². The van der Waals surface area contributed by atoms with Crippen LogP contribution in [-0.2, 0) is 9.84 Å². The standard InChI is InChI=1S/C14H23N3O3S2/c1-17-7-3-2-4-12(17)5-8-21-14-16-15-13(20-14)11-6-9-22(18,19)10-11/h11-12H,2-10H2,1H3/p+1/t11-,12-/m1/s1. The Morgan fingerprint density at radius 3 is 2.91 bits per heavy atom. The molecule has 0 amide bonds. The van der Waals surface area contributed by atoms with Crippen molar-refractivity contribution in [2.45, 2.75) is 49.3 Å². The zero-order valence-electron chi connectivity index (χ0n) is 13.0. The third kappa shape index (κ3) is 4.02. The van der Waals surface area contributed by atoms with Gasteiger partial charge in [-0.15, -0.1) is 10.2 Å². The molecule has 0 bridgehead atoms. The molecular weight excluding hydrogens is 322 g/mol. The summed E-state index contributed by atoms with van der Waals surface area (Å²) in [5.74, 6) is 1.74. The Morgan fingerprint density at radius 2 is 2.18 bits per heavy atom. The highest BCUT2D eigenvalue weighted by Gasteiger charge is 2.32. The van der Waals surface area contributed by atoms with Gasteiger partial charge in [0.1, 0.15) is 0 Å². The normalized spacial score (nSPS) is 31.4. The second-order valence-electron chi connectivity index (χ2n) is 6.43. The topological polar surface area (TPSA) is 77.5 Å². The molecule has 2 fully saturated rings. The summed E-state index contributed by atoms with van der Waals surface area (Å²) in [6, 6.07) is 0.739. The largest absolute Gasteiger partial charge is 0.416 e. The maximum atomic E-state index is 11.5. The predicted molar refractivity (Wildman–Crippen MR) is 85.0 cm³/mol. The highest BCUT2D eigenvalue weighted by atomic mass is 32.2. The lowest BCUT2D eigenvalue weighted by Gasteiger charge is -2.29. The van der Waals surface area contributed by atoms with Crippen molar-refractivity contribution in [1.29, 1.82) is 0 Å². The van der Waals surface area contributed by atoms with Gasteiger partial charge in [-0.2, -0.15) is 0 Å². The summed E-state index contributed by atoms with van der Waals surface area (Å²) in [4.78, 5) is 1.63. The molecule has 3 rings (SSSR count). The van der Waals surface area contributed by atoms with Gasteiger partial charge < -0.3 is 9.32 Å². The third-order valence-corrected chi connectivity index (χ3v) is 7.39. The van der Waals surface area contributed by atoms with Gasteiger partial charge in [-0.05, 0) is 25.7 Å². The van der Waals surface area contributed by atoms with Crippen LogP contribution < -0.4 is 4.90 Å². The number of thioether (sulfide) groups is 1. The van der Waals surface area contributed by atoms with Gasteiger partial charge in [-0.3, -0.25) is 0 Å². The minimum Gasteiger partial charge on any atom is -0.416 e. The molecule has 3 heterocycles. The lowest BCUT2D eigenvalue weighted by atomic mass is 10.0. The first kappa shape index (κ1) is 16.3. The van der Waals surface area contributed by atoms with Crippen LogP contribution in [0.3, 0.4) is 0 Å². The van der Waals surface area contributed by atoms with E-state index in [0.717, 1.165) is 18.2 Å². The van der Waals surface area contributed by atoms with E-state index in [-0.39, 0.29) is 17.4 Å². The average molecular weight is 346 g/mol. The molecule has 1 aromatic heterocycles. The van der Waals surface area contributed by atoms with Crippen LogP contribution in [0, 0.1) is 0 Å². The summed E-state index contributed by atoms with van der Waals surface area (Å²) in [6.45, 7) is 1.27. The highest BCUT2D eigenvalue weighted by Crippen LogP contribution is 2.29. The van der Waals surface area contributed by atoms with Crippen LogP contribution in [0.2, 0.25) is 0 Å². The van der Waals surface area contributed by atoms with Gasteiger partial charge in [0.25, 0.3) is 5.22 Å². The molecule has 124 valence electrons. The summed E-state index contributed by atoms with van der Waals surface area (Å²) < 4.78 is 28.6. The van der Waals surface area contributed by atoms with Crippen LogP contribution >= 0.6 is 11.8 Å². The molecule has 2 saturated heterocycles. The molecule has 0 aromatic carbocycles. The summed E-state index contributed by atoms with van der Waals surface area (Å²) >= 11 is 1.59. The number of piperidine rings is 1. The first-order valence-electron chi connectivity index (χ1n) is 8.02. The number of hydrogen-bond acceptors (Lipinski definition) is 6. The number of sulfone groups is 1. The van der Waals surface area contributed by atoms with Crippen molar-refractivity contribution in [2.24, 2.45) is 0 Å². The van der Waals surface area contributed by atoms with Crippen molar-refractivity contribution in [2.75, 3.05) is 30.9 Å². The Hall–Kier alpha value is -0.600. The second kappa shape index (κ2) is 6.88. The minimum atomic E-state index is -2.91. The molecule has 3 atom stereocenters. The van der Waals surface area contributed by atoms with Crippen molar-refractivity contribution in [3.05, 3.63) is 5.89 Å². The molecule has 0 spiro atoms. The number of rotatable bonds is 5. The molecule has 0 aliphatic carbocycles. The molecule has 22 heavy (non-hydrogen) atoms. The van der Waals surface area contributed by atoms with Gasteiger partial charge in [-0.1, -0.05) is 11.8 Å². The number of hydrogen-bond donors (Lipinski definition) is 1. The Balaban J connectivity index is 1.48. The minimum absolute atomic E-state index is 0.110. The van der Waals surface area contributed by atoms with E-state index in [0.29, 0.717) is 17.5 Å². The lowest BCUT2D eigenvalue weighted by Crippen LogP contribution is -3.13.